The number of imidazole rings is 1. The largest absolute Gasteiger partial charge is 0.329 e. The molecule has 0 spiro atoms. The van der Waals surface area contributed by atoms with E-state index in [1.54, 1.807) is 10.9 Å². The molecule has 4 rings (SSSR count). The molecule has 1 fully saturated rings. The summed E-state index contributed by atoms with van der Waals surface area (Å²) >= 11 is 0. The summed E-state index contributed by atoms with van der Waals surface area (Å²) in [5, 5.41) is 0. The van der Waals surface area contributed by atoms with E-state index in [0.717, 1.165) is 43.7 Å². The van der Waals surface area contributed by atoms with E-state index in [0.29, 0.717) is 0 Å². The number of hydrogen-bond donors (Lipinski definition) is 0. The number of carbonyl (C=O) groups excluding carboxylic acids is 1. The Hall–Kier alpha value is -2.92. The van der Waals surface area contributed by atoms with Crippen LogP contribution in [0, 0.1) is 6.92 Å². The molecule has 0 radical (unpaired) electrons. The van der Waals surface area contributed by atoms with Crippen molar-refractivity contribution in [3.05, 3.63) is 78.2 Å². The number of benzene rings is 2. The number of likely N-dealkylation sites (tertiary alicyclic amines) is 1. The van der Waals surface area contributed by atoms with Crippen LogP contribution < -0.4 is 0 Å². The minimum Gasteiger partial charge on any atom is -0.324 e. The highest BCUT2D eigenvalue weighted by atomic mass is 16.2. The van der Waals surface area contributed by atoms with Gasteiger partial charge in [-0.2, -0.15) is 0 Å². The number of hydrogen-bond acceptors (Lipinski definition) is 3. The van der Waals surface area contributed by atoms with Gasteiger partial charge in [-0.1, -0.05) is 54.1 Å². The van der Waals surface area contributed by atoms with Gasteiger partial charge < -0.3 is 4.90 Å². The molecule has 0 saturated carbocycles. The second-order valence-corrected chi connectivity index (χ2v) is 7.92. The van der Waals surface area contributed by atoms with Gasteiger partial charge >= 0.3 is 6.03 Å². The third-order valence-electron chi connectivity index (χ3n) is 5.77. The zero-order valence-corrected chi connectivity index (χ0v) is 17.2. The van der Waals surface area contributed by atoms with Gasteiger partial charge in [0.2, 0.25) is 0 Å². The predicted octanol–water partition coefficient (Wildman–Crippen LogP) is 4.42. The summed E-state index contributed by atoms with van der Waals surface area (Å²) in [4.78, 5) is 21.8. The zero-order chi connectivity index (χ0) is 20.2. The van der Waals surface area contributed by atoms with E-state index in [1.165, 1.54) is 11.1 Å². The van der Waals surface area contributed by atoms with E-state index in [4.69, 9.17) is 0 Å². The normalized spacial score (nSPS) is 15.4. The third-order valence-corrected chi connectivity index (χ3v) is 5.77. The van der Waals surface area contributed by atoms with Crippen molar-refractivity contribution in [2.24, 2.45) is 0 Å². The molecule has 1 aliphatic heterocycles. The fourth-order valence-corrected chi connectivity index (χ4v) is 4.03. The average Bonchev–Trinajstić information content (AvgIpc) is 3.24. The minimum atomic E-state index is -0.0158. The van der Waals surface area contributed by atoms with Crippen LogP contribution in [0.4, 0.5) is 4.79 Å². The first-order chi connectivity index (χ1) is 14.1. The van der Waals surface area contributed by atoms with Crippen LogP contribution in [0.25, 0.3) is 11.3 Å². The topological polar surface area (TPSA) is 41.4 Å². The van der Waals surface area contributed by atoms with Gasteiger partial charge in [0.25, 0.3) is 0 Å². The van der Waals surface area contributed by atoms with Gasteiger partial charge in [0.05, 0.1) is 5.69 Å². The third kappa shape index (κ3) is 4.57. The summed E-state index contributed by atoms with van der Waals surface area (Å²) in [5.74, 6) is 0. The molecular formula is C24H28N4O. The van der Waals surface area contributed by atoms with Gasteiger partial charge in [-0.3, -0.25) is 9.47 Å². The van der Waals surface area contributed by atoms with Gasteiger partial charge in [-0.25, -0.2) is 9.78 Å². The standard InChI is InChI=1S/C24H28N4O/c1-19-7-6-10-21(15-19)23-17-28(18-25-23)24(29)26(2)22-11-13-27(14-12-22)16-20-8-4-3-5-9-20/h3-10,15,17-18,22H,11-14,16H2,1-2H3. The molecule has 1 amide bonds. The molecular weight excluding hydrogens is 360 g/mol. The molecule has 150 valence electrons. The summed E-state index contributed by atoms with van der Waals surface area (Å²) in [6.07, 6.45) is 5.45. The van der Waals surface area contributed by atoms with Crippen LogP contribution in [-0.4, -0.2) is 51.6 Å². The summed E-state index contributed by atoms with van der Waals surface area (Å²) in [7, 11) is 1.91. The highest BCUT2D eigenvalue weighted by molar-refractivity contribution is 5.78. The molecule has 5 nitrogen and oxygen atoms in total. The van der Waals surface area contributed by atoms with E-state index in [1.807, 2.05) is 30.3 Å². The van der Waals surface area contributed by atoms with E-state index in [2.05, 4.69) is 59.3 Å². The van der Waals surface area contributed by atoms with Crippen molar-refractivity contribution < 1.29 is 4.79 Å². The van der Waals surface area contributed by atoms with Crippen LogP contribution in [0.3, 0.4) is 0 Å². The lowest BCUT2D eigenvalue weighted by Crippen LogP contribution is -2.46. The first-order valence-electron chi connectivity index (χ1n) is 10.2. The Morgan fingerprint density at radius 2 is 1.86 bits per heavy atom. The van der Waals surface area contributed by atoms with Crippen molar-refractivity contribution in [1.29, 1.82) is 0 Å². The zero-order valence-electron chi connectivity index (χ0n) is 17.2. The molecule has 0 N–H and O–H groups in total. The number of amides is 1. The van der Waals surface area contributed by atoms with Crippen molar-refractivity contribution in [3.8, 4) is 11.3 Å². The van der Waals surface area contributed by atoms with Crippen LogP contribution >= 0.6 is 0 Å². The van der Waals surface area contributed by atoms with E-state index in [9.17, 15) is 4.79 Å². The van der Waals surface area contributed by atoms with Crippen LogP contribution in [0.1, 0.15) is 24.0 Å². The first-order valence-corrected chi connectivity index (χ1v) is 10.2. The fraction of sp³-hybridized carbons (Fsp3) is 0.333. The molecule has 0 atom stereocenters. The Balaban J connectivity index is 1.35. The molecule has 1 saturated heterocycles. The summed E-state index contributed by atoms with van der Waals surface area (Å²) < 4.78 is 1.61. The maximum Gasteiger partial charge on any atom is 0.329 e. The Morgan fingerprint density at radius 3 is 2.59 bits per heavy atom. The second-order valence-electron chi connectivity index (χ2n) is 7.92. The van der Waals surface area contributed by atoms with Crippen molar-refractivity contribution in [1.82, 2.24) is 19.4 Å². The highest BCUT2D eigenvalue weighted by Gasteiger charge is 2.26. The highest BCUT2D eigenvalue weighted by Crippen LogP contribution is 2.21. The predicted molar refractivity (Wildman–Crippen MR) is 116 cm³/mol. The molecule has 2 heterocycles. The lowest BCUT2D eigenvalue weighted by Gasteiger charge is -2.36. The number of aromatic nitrogens is 2. The Morgan fingerprint density at radius 1 is 1.10 bits per heavy atom. The molecule has 0 bridgehead atoms. The van der Waals surface area contributed by atoms with Crippen LogP contribution in [0.15, 0.2) is 67.1 Å². The Labute approximate surface area is 172 Å². The number of rotatable bonds is 4. The molecule has 0 aliphatic carbocycles. The van der Waals surface area contributed by atoms with Crippen molar-refractivity contribution >= 4 is 6.03 Å². The minimum absolute atomic E-state index is 0.0158. The molecule has 1 aliphatic rings. The van der Waals surface area contributed by atoms with Crippen molar-refractivity contribution in [2.45, 2.75) is 32.4 Å². The molecule has 3 aromatic rings. The lowest BCUT2D eigenvalue weighted by molar-refractivity contribution is 0.132. The fourth-order valence-electron chi connectivity index (χ4n) is 4.03. The summed E-state index contributed by atoms with van der Waals surface area (Å²) in [5.41, 5.74) is 4.39. The summed E-state index contributed by atoms with van der Waals surface area (Å²) in [6.45, 7) is 5.06. The smallest absolute Gasteiger partial charge is 0.324 e. The average molecular weight is 389 g/mol. The van der Waals surface area contributed by atoms with Crippen LogP contribution in [0.5, 0.6) is 0 Å². The number of nitrogens with zero attached hydrogens (tertiary/aromatic N) is 4. The lowest BCUT2D eigenvalue weighted by atomic mass is 10.0. The monoisotopic (exact) mass is 388 g/mol. The Kier molecular flexibility index (Phi) is 5.76. The molecule has 2 aromatic carbocycles. The summed E-state index contributed by atoms with van der Waals surface area (Å²) in [6, 6.07) is 19.0. The van der Waals surface area contributed by atoms with E-state index < -0.39 is 0 Å². The molecule has 29 heavy (non-hydrogen) atoms. The SMILES string of the molecule is Cc1cccc(-c2cn(C(=O)N(C)C3CCN(Cc4ccccc4)CC3)cn2)c1. The van der Waals surface area contributed by atoms with Gasteiger partial charge in [-0.05, 0) is 31.4 Å². The van der Waals surface area contributed by atoms with Gasteiger partial charge in [-0.15, -0.1) is 0 Å². The maximum absolute atomic E-state index is 13.0. The first kappa shape index (κ1) is 19.4. The molecule has 1 aromatic heterocycles. The van der Waals surface area contributed by atoms with Crippen molar-refractivity contribution in [2.75, 3.05) is 20.1 Å². The molecule has 5 heteroatoms. The van der Waals surface area contributed by atoms with Crippen LogP contribution in [0.2, 0.25) is 0 Å². The van der Waals surface area contributed by atoms with Gasteiger partial charge in [0.15, 0.2) is 0 Å². The second kappa shape index (κ2) is 8.62. The Bertz CT molecular complexity index is 958. The number of carbonyl (C=O) groups is 1. The number of piperidine rings is 1. The van der Waals surface area contributed by atoms with Crippen molar-refractivity contribution in [3.63, 3.8) is 0 Å². The van der Waals surface area contributed by atoms with Crippen LogP contribution in [-0.2, 0) is 6.54 Å². The molecule has 0 unspecified atom stereocenters. The van der Waals surface area contributed by atoms with E-state index >= 15 is 0 Å². The van der Waals surface area contributed by atoms with Gasteiger partial charge in [0, 0.05) is 44.5 Å². The van der Waals surface area contributed by atoms with Gasteiger partial charge in [0.1, 0.15) is 6.33 Å². The number of aryl methyl sites for hydroxylation is 1. The quantitative estimate of drug-likeness (QED) is 0.664. The maximum atomic E-state index is 13.0. The van der Waals surface area contributed by atoms with E-state index in [-0.39, 0.29) is 12.1 Å².